The highest BCUT2D eigenvalue weighted by Crippen LogP contribution is 2.31. The average molecular weight is 668 g/mol. The number of carbonyl (C=O) groups is 1. The van der Waals surface area contributed by atoms with Crippen molar-refractivity contribution in [3.8, 4) is 0 Å². The first-order valence-corrected chi connectivity index (χ1v) is 18.4. The molecule has 1 saturated heterocycles. The molecule has 1 aliphatic heterocycles. The summed E-state index contributed by atoms with van der Waals surface area (Å²) in [6, 6.07) is 21.7. The van der Waals surface area contributed by atoms with Crippen molar-refractivity contribution in [1.29, 1.82) is 0 Å². The lowest BCUT2D eigenvalue weighted by Crippen LogP contribution is -2.48. The minimum absolute atomic E-state index is 0. The number of hydrogen-bond acceptors (Lipinski definition) is 6. The number of rotatable bonds is 11. The van der Waals surface area contributed by atoms with E-state index in [2.05, 4.69) is 11.0 Å². The van der Waals surface area contributed by atoms with E-state index >= 15 is 0 Å². The van der Waals surface area contributed by atoms with Crippen LogP contribution in [0.5, 0.6) is 0 Å². The van der Waals surface area contributed by atoms with Crippen LogP contribution in [0.1, 0.15) is 48.8 Å². The van der Waals surface area contributed by atoms with Crippen molar-refractivity contribution in [3.63, 3.8) is 0 Å². The zero-order valence-electron chi connectivity index (χ0n) is 24.8. The van der Waals surface area contributed by atoms with Crippen molar-refractivity contribution in [2.24, 2.45) is 0 Å². The standard InChI is InChI=1S/C32H39ClN2O5S2.ClH/c1-4-35(32(36)22-24-8-12-29(13-9-24)41(2,37)38)28-16-19-34(20-17-28)21-18-31(26-6-5-7-27(33)23-26)25-10-14-30(15-11-25)42(3,39)40;/h5-15,23,28,31H,4,16-22H2,1-3H3;1H. The molecule has 1 fully saturated rings. The molecule has 43 heavy (non-hydrogen) atoms. The van der Waals surface area contributed by atoms with Crippen molar-refractivity contribution in [1.82, 2.24) is 9.80 Å². The summed E-state index contributed by atoms with van der Waals surface area (Å²) in [5, 5.41) is 0.668. The number of likely N-dealkylation sites (tertiary alicyclic amines) is 1. The highest BCUT2D eigenvalue weighted by molar-refractivity contribution is 7.91. The van der Waals surface area contributed by atoms with Crippen molar-refractivity contribution in [3.05, 3.63) is 94.5 Å². The minimum Gasteiger partial charge on any atom is -0.340 e. The van der Waals surface area contributed by atoms with Gasteiger partial charge in [0.05, 0.1) is 16.2 Å². The Labute approximate surface area is 267 Å². The molecule has 0 N–H and O–H groups in total. The summed E-state index contributed by atoms with van der Waals surface area (Å²) in [5.74, 6) is 0.124. The van der Waals surface area contributed by atoms with E-state index in [0.717, 1.165) is 55.6 Å². The fourth-order valence-electron chi connectivity index (χ4n) is 5.73. The molecule has 234 valence electrons. The Morgan fingerprint density at radius 3 is 1.95 bits per heavy atom. The van der Waals surface area contributed by atoms with E-state index in [4.69, 9.17) is 11.6 Å². The van der Waals surface area contributed by atoms with E-state index < -0.39 is 19.7 Å². The number of carbonyl (C=O) groups excluding carboxylic acids is 1. The van der Waals surface area contributed by atoms with Gasteiger partial charge in [0.2, 0.25) is 5.91 Å². The van der Waals surface area contributed by atoms with E-state index in [0.29, 0.717) is 16.5 Å². The van der Waals surface area contributed by atoms with Crippen LogP contribution in [0.2, 0.25) is 5.02 Å². The van der Waals surface area contributed by atoms with E-state index in [1.165, 1.54) is 12.5 Å². The monoisotopic (exact) mass is 666 g/mol. The molecular formula is C32H40Cl2N2O5S2. The number of hydrogen-bond donors (Lipinski definition) is 0. The Morgan fingerprint density at radius 2 is 1.44 bits per heavy atom. The zero-order chi connectivity index (χ0) is 30.5. The smallest absolute Gasteiger partial charge is 0.227 e. The number of piperidine rings is 1. The summed E-state index contributed by atoms with van der Waals surface area (Å²) >= 11 is 6.33. The Morgan fingerprint density at radius 1 is 0.884 bits per heavy atom. The van der Waals surface area contributed by atoms with Gasteiger partial charge in [-0.15, -0.1) is 12.4 Å². The van der Waals surface area contributed by atoms with E-state index in [-0.39, 0.29) is 41.6 Å². The van der Waals surface area contributed by atoms with Gasteiger partial charge in [-0.25, -0.2) is 16.8 Å². The quantitative estimate of drug-likeness (QED) is 0.263. The third-order valence-electron chi connectivity index (χ3n) is 8.06. The Bertz CT molecular complexity index is 1590. The second-order valence-corrected chi connectivity index (χ2v) is 15.6. The second kappa shape index (κ2) is 15.0. The molecule has 1 unspecified atom stereocenters. The molecule has 11 heteroatoms. The first kappa shape index (κ1) is 35.1. The number of sulfone groups is 2. The molecule has 7 nitrogen and oxygen atoms in total. The molecule has 1 atom stereocenters. The van der Waals surface area contributed by atoms with Crippen molar-refractivity contribution in [2.75, 3.05) is 38.7 Å². The molecule has 0 bridgehead atoms. The van der Waals surface area contributed by atoms with Gasteiger partial charge in [0.25, 0.3) is 0 Å². The van der Waals surface area contributed by atoms with Crippen molar-refractivity contribution >= 4 is 49.6 Å². The molecule has 0 saturated carbocycles. The maximum Gasteiger partial charge on any atom is 0.227 e. The number of benzene rings is 3. The highest BCUT2D eigenvalue weighted by atomic mass is 35.5. The van der Waals surface area contributed by atoms with Gasteiger partial charge in [0.1, 0.15) is 0 Å². The Kier molecular flexibility index (Phi) is 12.3. The maximum absolute atomic E-state index is 13.2. The summed E-state index contributed by atoms with van der Waals surface area (Å²) in [5.41, 5.74) is 2.95. The molecule has 0 aliphatic carbocycles. The maximum atomic E-state index is 13.2. The third kappa shape index (κ3) is 9.53. The third-order valence-corrected chi connectivity index (χ3v) is 10.6. The predicted octanol–water partition coefficient (Wildman–Crippen LogP) is 5.65. The Hall–Kier alpha value is -2.43. The number of nitrogens with zero attached hydrogens (tertiary/aromatic N) is 2. The summed E-state index contributed by atoms with van der Waals surface area (Å²) < 4.78 is 47.4. The average Bonchev–Trinajstić information content (AvgIpc) is 2.94. The normalized spacial score (nSPS) is 15.4. The topological polar surface area (TPSA) is 91.8 Å². The predicted molar refractivity (Wildman–Crippen MR) is 175 cm³/mol. The van der Waals surface area contributed by atoms with Crippen molar-refractivity contribution < 1.29 is 21.6 Å². The van der Waals surface area contributed by atoms with Gasteiger partial charge >= 0.3 is 0 Å². The van der Waals surface area contributed by atoms with Crippen LogP contribution in [0.25, 0.3) is 0 Å². The van der Waals surface area contributed by atoms with Crippen LogP contribution in [0.4, 0.5) is 0 Å². The Balaban J connectivity index is 0.00000506. The molecule has 0 spiro atoms. The lowest BCUT2D eigenvalue weighted by Gasteiger charge is -2.38. The molecule has 1 aliphatic rings. The van der Waals surface area contributed by atoms with E-state index in [1.807, 2.05) is 42.2 Å². The molecule has 1 heterocycles. The number of likely N-dealkylation sites (N-methyl/N-ethyl adjacent to an activating group) is 1. The van der Waals surface area contributed by atoms with Crippen LogP contribution in [0.3, 0.4) is 0 Å². The second-order valence-electron chi connectivity index (χ2n) is 11.1. The van der Waals surface area contributed by atoms with Gasteiger partial charge in [0.15, 0.2) is 19.7 Å². The first-order valence-electron chi connectivity index (χ1n) is 14.2. The minimum atomic E-state index is -3.27. The number of amides is 1. The fourth-order valence-corrected chi connectivity index (χ4v) is 7.19. The lowest BCUT2D eigenvalue weighted by atomic mass is 9.88. The largest absolute Gasteiger partial charge is 0.340 e. The summed E-state index contributed by atoms with van der Waals surface area (Å²) in [4.78, 5) is 18.1. The summed E-state index contributed by atoms with van der Waals surface area (Å²) in [6.45, 7) is 5.26. The molecular weight excluding hydrogens is 627 g/mol. The van der Waals surface area contributed by atoms with Crippen LogP contribution in [-0.4, -0.2) is 77.3 Å². The van der Waals surface area contributed by atoms with Gasteiger partial charge < -0.3 is 9.80 Å². The van der Waals surface area contributed by atoms with Gasteiger partial charge in [0, 0.05) is 49.1 Å². The molecule has 0 aromatic heterocycles. The molecule has 3 aromatic carbocycles. The van der Waals surface area contributed by atoms with Crippen LogP contribution in [0, 0.1) is 0 Å². The van der Waals surface area contributed by atoms with Crippen LogP contribution < -0.4 is 0 Å². The van der Waals surface area contributed by atoms with Crippen LogP contribution in [-0.2, 0) is 30.9 Å². The summed E-state index contributed by atoms with van der Waals surface area (Å²) in [6.07, 6.45) is 5.26. The van der Waals surface area contributed by atoms with Crippen molar-refractivity contribution in [2.45, 2.75) is 54.4 Å². The molecule has 4 rings (SSSR count). The van der Waals surface area contributed by atoms with Crippen LogP contribution in [0.15, 0.2) is 82.6 Å². The summed E-state index contributed by atoms with van der Waals surface area (Å²) in [7, 11) is -6.54. The molecule has 0 radical (unpaired) electrons. The van der Waals surface area contributed by atoms with Gasteiger partial charge in [-0.3, -0.25) is 4.79 Å². The van der Waals surface area contributed by atoms with Gasteiger partial charge in [-0.1, -0.05) is 48.0 Å². The first-order chi connectivity index (χ1) is 19.8. The van der Waals surface area contributed by atoms with E-state index in [1.54, 1.807) is 36.4 Å². The number of halogens is 2. The van der Waals surface area contributed by atoms with Gasteiger partial charge in [-0.2, -0.15) is 0 Å². The fraction of sp³-hybridized carbons (Fsp3) is 0.406. The lowest BCUT2D eigenvalue weighted by molar-refractivity contribution is -0.133. The molecule has 1 amide bonds. The zero-order valence-corrected chi connectivity index (χ0v) is 28.0. The highest BCUT2D eigenvalue weighted by Gasteiger charge is 2.28. The molecule has 3 aromatic rings. The van der Waals surface area contributed by atoms with Crippen LogP contribution >= 0.6 is 24.0 Å². The SMILES string of the molecule is CCN(C(=O)Cc1ccc(S(C)(=O)=O)cc1)C1CCN(CCC(c2ccc(S(C)(=O)=O)cc2)c2cccc(Cl)c2)CC1.Cl. The van der Waals surface area contributed by atoms with E-state index in [9.17, 15) is 21.6 Å². The van der Waals surface area contributed by atoms with Gasteiger partial charge in [-0.05, 0) is 85.8 Å².